The lowest BCUT2D eigenvalue weighted by Gasteiger charge is -2.09. The fraction of sp³-hybridized carbons (Fsp3) is 0.267. The molecule has 1 heterocycles. The highest BCUT2D eigenvalue weighted by Crippen LogP contribution is 2.26. The molecule has 0 unspecified atom stereocenters. The maximum Gasteiger partial charge on any atom is 0.150 e. The molecule has 5 heteroatoms. The Bertz CT molecular complexity index is 582. The van der Waals surface area contributed by atoms with Crippen molar-refractivity contribution in [3.05, 3.63) is 42.0 Å². The predicted molar refractivity (Wildman–Crippen MR) is 75.0 cm³/mol. The molecule has 0 fully saturated rings. The molecule has 2 aromatic rings. The fourth-order valence-electron chi connectivity index (χ4n) is 1.75. The highest BCUT2D eigenvalue weighted by atomic mass is 16.5. The average Bonchev–Trinajstić information content (AvgIpc) is 2.48. The third kappa shape index (κ3) is 3.39. The van der Waals surface area contributed by atoms with Crippen molar-refractivity contribution in [2.45, 2.75) is 6.92 Å². The molecule has 5 nitrogen and oxygen atoms in total. The van der Waals surface area contributed by atoms with Crippen LogP contribution in [0.5, 0.6) is 5.75 Å². The Labute approximate surface area is 117 Å². The lowest BCUT2D eigenvalue weighted by molar-refractivity contribution is 0.112. The summed E-state index contributed by atoms with van der Waals surface area (Å²) in [5, 5.41) is 0. The number of benzene rings is 1. The highest BCUT2D eigenvalue weighted by molar-refractivity contribution is 5.87. The Kier molecular flexibility index (Phi) is 4.79. The number of hydrogen-bond acceptors (Lipinski definition) is 5. The van der Waals surface area contributed by atoms with E-state index in [1.54, 1.807) is 31.6 Å². The van der Waals surface area contributed by atoms with Gasteiger partial charge in [-0.05, 0) is 30.7 Å². The third-order valence-electron chi connectivity index (χ3n) is 2.80. The fourth-order valence-corrected chi connectivity index (χ4v) is 1.75. The van der Waals surface area contributed by atoms with Crippen LogP contribution < -0.4 is 4.74 Å². The molecule has 0 N–H and O–H groups in total. The predicted octanol–water partition coefficient (Wildman–Crippen LogP) is 2.29. The Hall–Kier alpha value is -2.27. The number of nitrogens with zero attached hydrogens (tertiary/aromatic N) is 2. The average molecular weight is 272 g/mol. The zero-order chi connectivity index (χ0) is 14.4. The van der Waals surface area contributed by atoms with Crippen LogP contribution in [0.25, 0.3) is 11.1 Å². The van der Waals surface area contributed by atoms with Crippen molar-refractivity contribution in [2.24, 2.45) is 0 Å². The molecule has 1 aromatic carbocycles. The van der Waals surface area contributed by atoms with Gasteiger partial charge in [0.1, 0.15) is 18.2 Å². The van der Waals surface area contributed by atoms with E-state index in [9.17, 15) is 4.79 Å². The molecule has 0 radical (unpaired) electrons. The van der Waals surface area contributed by atoms with Crippen LogP contribution in [-0.4, -0.2) is 36.6 Å². The molecular formula is C15H16N2O3. The first-order valence-electron chi connectivity index (χ1n) is 6.24. The van der Waals surface area contributed by atoms with Crippen LogP contribution in [0.3, 0.4) is 0 Å². The van der Waals surface area contributed by atoms with Gasteiger partial charge in [0, 0.05) is 30.6 Å². The van der Waals surface area contributed by atoms with Crippen molar-refractivity contribution in [1.29, 1.82) is 0 Å². The minimum absolute atomic E-state index is 0.459. The van der Waals surface area contributed by atoms with Gasteiger partial charge in [0.25, 0.3) is 0 Å². The lowest BCUT2D eigenvalue weighted by atomic mass is 10.0. The summed E-state index contributed by atoms with van der Waals surface area (Å²) < 4.78 is 10.5. The summed E-state index contributed by atoms with van der Waals surface area (Å²) in [6, 6.07) is 5.30. The first-order chi connectivity index (χ1) is 9.74. The molecule has 20 heavy (non-hydrogen) atoms. The van der Waals surface area contributed by atoms with Crippen molar-refractivity contribution >= 4 is 6.29 Å². The van der Waals surface area contributed by atoms with E-state index in [4.69, 9.17) is 9.47 Å². The summed E-state index contributed by atoms with van der Waals surface area (Å²) in [4.78, 5) is 19.4. The van der Waals surface area contributed by atoms with E-state index in [-0.39, 0.29) is 0 Å². The molecule has 0 spiro atoms. The van der Waals surface area contributed by atoms with Crippen LogP contribution >= 0.6 is 0 Å². The monoisotopic (exact) mass is 272 g/mol. The minimum Gasteiger partial charge on any atom is -0.491 e. The largest absolute Gasteiger partial charge is 0.491 e. The van der Waals surface area contributed by atoms with E-state index in [0.717, 1.165) is 17.4 Å². The number of aryl methyl sites for hydroxylation is 1. The van der Waals surface area contributed by atoms with Gasteiger partial charge in [0.15, 0.2) is 6.29 Å². The lowest BCUT2D eigenvalue weighted by Crippen LogP contribution is -2.04. The normalized spacial score (nSPS) is 10.3. The minimum atomic E-state index is 0.459. The number of rotatable bonds is 6. The van der Waals surface area contributed by atoms with Crippen molar-refractivity contribution in [3.8, 4) is 16.9 Å². The smallest absolute Gasteiger partial charge is 0.150 e. The molecule has 0 aliphatic rings. The van der Waals surface area contributed by atoms with Gasteiger partial charge < -0.3 is 9.47 Å². The Morgan fingerprint density at radius 2 is 1.95 bits per heavy atom. The number of hydrogen-bond donors (Lipinski definition) is 0. The molecular weight excluding hydrogens is 256 g/mol. The van der Waals surface area contributed by atoms with Gasteiger partial charge in [0.05, 0.1) is 6.61 Å². The SMILES string of the molecule is COCCOc1ccc(C=O)c(-c2cnc(C)nc2)c1. The van der Waals surface area contributed by atoms with Gasteiger partial charge in [0.2, 0.25) is 0 Å². The van der Waals surface area contributed by atoms with Gasteiger partial charge in [-0.25, -0.2) is 9.97 Å². The zero-order valence-electron chi connectivity index (χ0n) is 11.5. The van der Waals surface area contributed by atoms with Crippen LogP contribution in [-0.2, 0) is 4.74 Å². The molecule has 0 aliphatic heterocycles. The van der Waals surface area contributed by atoms with Gasteiger partial charge in [-0.1, -0.05) is 0 Å². The number of aldehydes is 1. The second-order valence-electron chi connectivity index (χ2n) is 4.23. The van der Waals surface area contributed by atoms with Crippen LogP contribution in [0, 0.1) is 6.92 Å². The zero-order valence-corrected chi connectivity index (χ0v) is 11.5. The number of carbonyl (C=O) groups excluding carboxylic acids is 1. The molecule has 0 atom stereocenters. The first-order valence-corrected chi connectivity index (χ1v) is 6.24. The molecule has 0 saturated carbocycles. The van der Waals surface area contributed by atoms with Crippen LogP contribution in [0.4, 0.5) is 0 Å². The summed E-state index contributed by atoms with van der Waals surface area (Å²) >= 11 is 0. The number of methoxy groups -OCH3 is 1. The van der Waals surface area contributed by atoms with Crippen molar-refractivity contribution in [1.82, 2.24) is 9.97 Å². The van der Waals surface area contributed by atoms with E-state index < -0.39 is 0 Å². The quantitative estimate of drug-likeness (QED) is 0.596. The number of carbonyl (C=O) groups is 1. The van der Waals surface area contributed by atoms with Gasteiger partial charge >= 0.3 is 0 Å². The van der Waals surface area contributed by atoms with Crippen LogP contribution in [0.2, 0.25) is 0 Å². The van der Waals surface area contributed by atoms with Crippen LogP contribution in [0.15, 0.2) is 30.6 Å². The summed E-state index contributed by atoms with van der Waals surface area (Å²) in [6.07, 6.45) is 4.21. The standard InChI is InChI=1S/C15H16N2O3/c1-11-16-8-13(9-17-11)15-7-14(20-6-5-19-2)4-3-12(15)10-18/h3-4,7-10H,5-6H2,1-2H3. The maximum atomic E-state index is 11.1. The van der Waals surface area contributed by atoms with E-state index in [1.165, 1.54) is 0 Å². The highest BCUT2D eigenvalue weighted by Gasteiger charge is 2.08. The first kappa shape index (κ1) is 14.1. The van der Waals surface area contributed by atoms with E-state index in [1.807, 2.05) is 13.0 Å². The molecule has 2 rings (SSSR count). The molecule has 1 aromatic heterocycles. The van der Waals surface area contributed by atoms with E-state index in [2.05, 4.69) is 9.97 Å². The Morgan fingerprint density at radius 3 is 2.60 bits per heavy atom. The van der Waals surface area contributed by atoms with Gasteiger partial charge in [-0.15, -0.1) is 0 Å². The van der Waals surface area contributed by atoms with E-state index in [0.29, 0.717) is 30.4 Å². The summed E-state index contributed by atoms with van der Waals surface area (Å²) in [6.45, 7) is 2.79. The topological polar surface area (TPSA) is 61.3 Å². The van der Waals surface area contributed by atoms with Crippen molar-refractivity contribution in [3.63, 3.8) is 0 Å². The second-order valence-corrected chi connectivity index (χ2v) is 4.23. The summed E-state index contributed by atoms with van der Waals surface area (Å²) in [5.41, 5.74) is 2.13. The molecule has 104 valence electrons. The summed E-state index contributed by atoms with van der Waals surface area (Å²) in [5.74, 6) is 1.37. The third-order valence-corrected chi connectivity index (χ3v) is 2.80. The molecule has 0 bridgehead atoms. The number of ether oxygens (including phenoxy) is 2. The number of aromatic nitrogens is 2. The van der Waals surface area contributed by atoms with E-state index >= 15 is 0 Å². The second kappa shape index (κ2) is 6.77. The van der Waals surface area contributed by atoms with Crippen molar-refractivity contribution < 1.29 is 14.3 Å². The molecule has 0 aliphatic carbocycles. The van der Waals surface area contributed by atoms with Gasteiger partial charge in [-0.2, -0.15) is 0 Å². The van der Waals surface area contributed by atoms with Gasteiger partial charge in [-0.3, -0.25) is 4.79 Å². The Morgan fingerprint density at radius 1 is 1.20 bits per heavy atom. The van der Waals surface area contributed by atoms with Crippen LogP contribution in [0.1, 0.15) is 16.2 Å². The maximum absolute atomic E-state index is 11.1. The molecule has 0 saturated heterocycles. The van der Waals surface area contributed by atoms with Crippen molar-refractivity contribution in [2.75, 3.05) is 20.3 Å². The Balaban J connectivity index is 2.31. The summed E-state index contributed by atoms with van der Waals surface area (Å²) in [7, 11) is 1.62. The molecule has 0 amide bonds.